The third-order valence-electron chi connectivity index (χ3n) is 3.92. The summed E-state index contributed by atoms with van der Waals surface area (Å²) in [5, 5.41) is 2.88. The first-order chi connectivity index (χ1) is 12.2. The van der Waals surface area contributed by atoms with Gasteiger partial charge in [-0.25, -0.2) is 0 Å². The van der Waals surface area contributed by atoms with Gasteiger partial charge in [0.1, 0.15) is 5.75 Å². The zero-order chi connectivity index (χ0) is 17.5. The van der Waals surface area contributed by atoms with Gasteiger partial charge in [0.05, 0.1) is 12.8 Å². The normalized spacial score (nSPS) is 10.3. The molecule has 1 amide bonds. The maximum atomic E-state index is 12.2. The number of pyridine rings is 1. The van der Waals surface area contributed by atoms with Crippen LogP contribution in [0.4, 0.5) is 5.69 Å². The Labute approximate surface area is 147 Å². The van der Waals surface area contributed by atoms with Crippen LogP contribution in [-0.4, -0.2) is 13.0 Å². The number of rotatable bonds is 6. The predicted molar refractivity (Wildman–Crippen MR) is 97.5 cm³/mol. The number of aromatic nitrogens is 1. The van der Waals surface area contributed by atoms with Crippen LogP contribution >= 0.6 is 0 Å². The quantitative estimate of drug-likeness (QED) is 0.704. The molecule has 1 heterocycles. The summed E-state index contributed by atoms with van der Waals surface area (Å²) in [4.78, 5) is 12.2. The van der Waals surface area contributed by atoms with Crippen molar-refractivity contribution in [2.45, 2.75) is 13.0 Å². The molecule has 0 radical (unpaired) electrons. The number of carbonyl (C=O) groups is 1. The second-order valence-corrected chi connectivity index (χ2v) is 5.79. The molecule has 0 aliphatic rings. The topological polar surface area (TPSA) is 42.2 Å². The number of para-hydroxylation sites is 2. The lowest BCUT2D eigenvalue weighted by molar-refractivity contribution is -0.684. The molecule has 0 bridgehead atoms. The third-order valence-corrected chi connectivity index (χ3v) is 3.92. The van der Waals surface area contributed by atoms with Gasteiger partial charge >= 0.3 is 0 Å². The van der Waals surface area contributed by atoms with E-state index in [1.807, 2.05) is 71.6 Å². The van der Waals surface area contributed by atoms with Crippen molar-refractivity contribution in [2.24, 2.45) is 0 Å². The van der Waals surface area contributed by atoms with E-state index in [4.69, 9.17) is 4.74 Å². The SMILES string of the molecule is COc1ccccc1NC(=O)C[n+]1ccc(Cc2ccccc2)cc1. The van der Waals surface area contributed by atoms with E-state index in [2.05, 4.69) is 17.4 Å². The van der Waals surface area contributed by atoms with Gasteiger partial charge in [-0.1, -0.05) is 42.5 Å². The molecule has 4 heteroatoms. The molecule has 0 unspecified atom stereocenters. The molecule has 4 nitrogen and oxygen atoms in total. The predicted octanol–water partition coefficient (Wildman–Crippen LogP) is 3.21. The van der Waals surface area contributed by atoms with Gasteiger partial charge in [0.2, 0.25) is 6.54 Å². The second-order valence-electron chi connectivity index (χ2n) is 5.79. The van der Waals surface area contributed by atoms with Crippen LogP contribution in [0.1, 0.15) is 11.1 Å². The Bertz CT molecular complexity index is 830. The van der Waals surface area contributed by atoms with Crippen LogP contribution in [0.3, 0.4) is 0 Å². The number of amides is 1. The Morgan fingerprint density at radius 1 is 0.920 bits per heavy atom. The first-order valence-corrected chi connectivity index (χ1v) is 8.19. The molecule has 2 aromatic carbocycles. The molecule has 0 atom stereocenters. The third kappa shape index (κ3) is 4.67. The largest absolute Gasteiger partial charge is 0.495 e. The van der Waals surface area contributed by atoms with Gasteiger partial charge in [0.15, 0.2) is 12.4 Å². The van der Waals surface area contributed by atoms with Crippen molar-refractivity contribution in [3.63, 3.8) is 0 Å². The highest BCUT2D eigenvalue weighted by Gasteiger charge is 2.12. The van der Waals surface area contributed by atoms with Crippen molar-refractivity contribution in [3.05, 3.63) is 90.3 Å². The van der Waals surface area contributed by atoms with Gasteiger partial charge in [0, 0.05) is 12.1 Å². The Balaban J connectivity index is 1.60. The zero-order valence-corrected chi connectivity index (χ0v) is 14.2. The van der Waals surface area contributed by atoms with Gasteiger partial charge in [-0.3, -0.25) is 4.79 Å². The van der Waals surface area contributed by atoms with E-state index in [0.29, 0.717) is 11.4 Å². The number of nitrogens with zero attached hydrogens (tertiary/aromatic N) is 1. The molecule has 0 aliphatic carbocycles. The van der Waals surface area contributed by atoms with Crippen LogP contribution in [0.5, 0.6) is 5.75 Å². The number of methoxy groups -OCH3 is 1. The van der Waals surface area contributed by atoms with Crippen molar-refractivity contribution in [2.75, 3.05) is 12.4 Å². The first kappa shape index (κ1) is 16.7. The Morgan fingerprint density at radius 3 is 2.28 bits per heavy atom. The Morgan fingerprint density at radius 2 is 1.56 bits per heavy atom. The summed E-state index contributed by atoms with van der Waals surface area (Å²) in [5.74, 6) is 0.560. The van der Waals surface area contributed by atoms with Gasteiger partial charge in [0.25, 0.3) is 5.91 Å². The lowest BCUT2D eigenvalue weighted by atomic mass is 10.1. The fraction of sp³-hybridized carbons (Fsp3) is 0.143. The number of carbonyl (C=O) groups excluding carboxylic acids is 1. The summed E-state index contributed by atoms with van der Waals surface area (Å²) in [6.07, 6.45) is 4.75. The lowest BCUT2D eigenvalue weighted by Crippen LogP contribution is -2.39. The highest BCUT2D eigenvalue weighted by atomic mass is 16.5. The molecule has 126 valence electrons. The van der Waals surface area contributed by atoms with Crippen molar-refractivity contribution in [3.8, 4) is 5.75 Å². The van der Waals surface area contributed by atoms with Gasteiger partial charge in [-0.2, -0.15) is 4.57 Å². The fourth-order valence-electron chi connectivity index (χ4n) is 2.65. The minimum absolute atomic E-state index is 0.0923. The van der Waals surface area contributed by atoms with E-state index in [1.54, 1.807) is 7.11 Å². The van der Waals surface area contributed by atoms with Crippen LogP contribution in [-0.2, 0) is 17.8 Å². The standard InChI is InChI=1S/C21H20N2O2/c1-25-20-10-6-5-9-19(20)22-21(24)16-23-13-11-18(12-14-23)15-17-7-3-2-4-8-17/h2-14H,15-16H2,1H3/p+1. The van der Waals surface area contributed by atoms with E-state index in [0.717, 1.165) is 6.42 Å². The highest BCUT2D eigenvalue weighted by Crippen LogP contribution is 2.22. The highest BCUT2D eigenvalue weighted by molar-refractivity contribution is 5.91. The fourth-order valence-corrected chi connectivity index (χ4v) is 2.65. The van der Waals surface area contributed by atoms with Crippen LogP contribution in [0, 0.1) is 0 Å². The van der Waals surface area contributed by atoms with Crippen LogP contribution in [0.2, 0.25) is 0 Å². The minimum Gasteiger partial charge on any atom is -0.495 e. The number of hydrogen-bond acceptors (Lipinski definition) is 2. The monoisotopic (exact) mass is 333 g/mol. The summed E-state index contributed by atoms with van der Waals surface area (Å²) >= 11 is 0. The van der Waals surface area contributed by atoms with E-state index in [1.165, 1.54) is 11.1 Å². The molecule has 0 fully saturated rings. The van der Waals surface area contributed by atoms with E-state index >= 15 is 0 Å². The molecule has 3 rings (SSSR count). The molecule has 0 aliphatic heterocycles. The number of nitrogens with one attached hydrogen (secondary N) is 1. The molecule has 1 N–H and O–H groups in total. The number of benzene rings is 2. The minimum atomic E-state index is -0.0923. The summed E-state index contributed by atoms with van der Waals surface area (Å²) in [6, 6.07) is 21.8. The molecular formula is C21H21N2O2+. The number of ether oxygens (including phenoxy) is 1. The lowest BCUT2D eigenvalue weighted by Gasteiger charge is -2.08. The first-order valence-electron chi connectivity index (χ1n) is 8.19. The number of hydrogen-bond donors (Lipinski definition) is 1. The van der Waals surface area contributed by atoms with E-state index in [-0.39, 0.29) is 12.5 Å². The van der Waals surface area contributed by atoms with Crippen LogP contribution in [0.15, 0.2) is 79.1 Å². The van der Waals surface area contributed by atoms with Gasteiger partial charge in [-0.15, -0.1) is 0 Å². The Kier molecular flexibility index (Phi) is 5.42. The van der Waals surface area contributed by atoms with Crippen molar-refractivity contribution in [1.82, 2.24) is 0 Å². The van der Waals surface area contributed by atoms with Crippen molar-refractivity contribution in [1.29, 1.82) is 0 Å². The molecular weight excluding hydrogens is 312 g/mol. The maximum Gasteiger partial charge on any atom is 0.290 e. The zero-order valence-electron chi connectivity index (χ0n) is 14.2. The van der Waals surface area contributed by atoms with E-state index in [9.17, 15) is 4.79 Å². The van der Waals surface area contributed by atoms with Crippen molar-refractivity contribution >= 4 is 11.6 Å². The summed E-state index contributed by atoms with van der Waals surface area (Å²) < 4.78 is 7.11. The Hall–Kier alpha value is -3.14. The summed E-state index contributed by atoms with van der Waals surface area (Å²) in [6.45, 7) is 0.254. The summed E-state index contributed by atoms with van der Waals surface area (Å²) in [5.41, 5.74) is 3.16. The number of anilines is 1. The van der Waals surface area contributed by atoms with E-state index < -0.39 is 0 Å². The van der Waals surface area contributed by atoms with Crippen LogP contribution < -0.4 is 14.6 Å². The molecule has 0 saturated heterocycles. The molecule has 0 spiro atoms. The molecule has 25 heavy (non-hydrogen) atoms. The average molecular weight is 333 g/mol. The second kappa shape index (κ2) is 8.11. The molecule has 0 saturated carbocycles. The maximum absolute atomic E-state index is 12.2. The molecule has 3 aromatic rings. The van der Waals surface area contributed by atoms with Crippen LogP contribution in [0.25, 0.3) is 0 Å². The molecule has 1 aromatic heterocycles. The summed E-state index contributed by atoms with van der Waals surface area (Å²) in [7, 11) is 1.59. The van der Waals surface area contributed by atoms with Gasteiger partial charge in [-0.05, 0) is 29.7 Å². The van der Waals surface area contributed by atoms with Crippen molar-refractivity contribution < 1.29 is 14.1 Å². The smallest absolute Gasteiger partial charge is 0.290 e. The average Bonchev–Trinajstić information content (AvgIpc) is 2.64. The van der Waals surface area contributed by atoms with Gasteiger partial charge < -0.3 is 10.1 Å².